The largest absolute Gasteiger partial charge is 0.489 e. The summed E-state index contributed by atoms with van der Waals surface area (Å²) < 4.78 is 5.80. The zero-order valence-electron chi connectivity index (χ0n) is 10.8. The van der Waals surface area contributed by atoms with Crippen LogP contribution in [0.15, 0.2) is 42.6 Å². The van der Waals surface area contributed by atoms with Gasteiger partial charge in [0.25, 0.3) is 0 Å². The SMILES string of the molecule is Cc1ccnc(C)c1OCC(N)c1ccccc1. The van der Waals surface area contributed by atoms with Crippen LogP contribution >= 0.6 is 0 Å². The summed E-state index contributed by atoms with van der Waals surface area (Å²) in [4.78, 5) is 4.22. The Morgan fingerprint density at radius 2 is 1.89 bits per heavy atom. The summed E-state index contributed by atoms with van der Waals surface area (Å²) in [5.74, 6) is 0.837. The molecule has 0 aliphatic heterocycles. The fourth-order valence-electron chi connectivity index (χ4n) is 1.87. The Kier molecular flexibility index (Phi) is 3.95. The molecule has 0 aliphatic rings. The number of nitrogens with zero attached hydrogens (tertiary/aromatic N) is 1. The molecule has 94 valence electrons. The van der Waals surface area contributed by atoms with Crippen molar-refractivity contribution in [2.45, 2.75) is 19.9 Å². The molecule has 3 nitrogen and oxygen atoms in total. The molecule has 3 heteroatoms. The Labute approximate surface area is 108 Å². The van der Waals surface area contributed by atoms with Gasteiger partial charge in [-0.05, 0) is 31.0 Å². The second-order valence-corrected chi connectivity index (χ2v) is 4.37. The topological polar surface area (TPSA) is 48.1 Å². The van der Waals surface area contributed by atoms with Crippen molar-refractivity contribution in [3.63, 3.8) is 0 Å². The van der Waals surface area contributed by atoms with Crippen molar-refractivity contribution in [3.05, 3.63) is 59.4 Å². The Bertz CT molecular complexity index is 491. The number of hydrogen-bond donors (Lipinski definition) is 1. The lowest BCUT2D eigenvalue weighted by Crippen LogP contribution is -2.19. The lowest BCUT2D eigenvalue weighted by Gasteiger charge is -2.16. The molecule has 0 saturated carbocycles. The number of ether oxygens (including phenoxy) is 1. The van der Waals surface area contributed by atoms with Gasteiger partial charge >= 0.3 is 0 Å². The van der Waals surface area contributed by atoms with Gasteiger partial charge in [-0.3, -0.25) is 4.98 Å². The van der Waals surface area contributed by atoms with Crippen LogP contribution in [-0.4, -0.2) is 11.6 Å². The average Bonchev–Trinajstić information content (AvgIpc) is 2.39. The van der Waals surface area contributed by atoms with Crippen LogP contribution in [0.2, 0.25) is 0 Å². The molecule has 1 aromatic heterocycles. The van der Waals surface area contributed by atoms with E-state index in [1.807, 2.05) is 50.2 Å². The molecule has 0 bridgehead atoms. The molecule has 0 amide bonds. The highest BCUT2D eigenvalue weighted by atomic mass is 16.5. The van der Waals surface area contributed by atoms with Gasteiger partial charge in [0, 0.05) is 6.20 Å². The highest BCUT2D eigenvalue weighted by molar-refractivity contribution is 5.35. The monoisotopic (exact) mass is 242 g/mol. The van der Waals surface area contributed by atoms with E-state index in [-0.39, 0.29) is 6.04 Å². The fourth-order valence-corrected chi connectivity index (χ4v) is 1.87. The van der Waals surface area contributed by atoms with E-state index in [4.69, 9.17) is 10.5 Å². The number of aromatic nitrogens is 1. The molecule has 18 heavy (non-hydrogen) atoms. The zero-order chi connectivity index (χ0) is 13.0. The summed E-state index contributed by atoms with van der Waals surface area (Å²) in [5, 5.41) is 0. The van der Waals surface area contributed by atoms with Crippen LogP contribution in [0.5, 0.6) is 5.75 Å². The third-order valence-corrected chi connectivity index (χ3v) is 2.91. The molecule has 0 radical (unpaired) electrons. The minimum atomic E-state index is -0.120. The fraction of sp³-hybridized carbons (Fsp3) is 0.267. The van der Waals surface area contributed by atoms with E-state index in [1.165, 1.54) is 0 Å². The molecule has 2 aromatic rings. The second kappa shape index (κ2) is 5.65. The van der Waals surface area contributed by atoms with E-state index >= 15 is 0 Å². The predicted octanol–water partition coefficient (Wildman–Crippen LogP) is 2.78. The number of benzene rings is 1. The maximum atomic E-state index is 6.10. The van der Waals surface area contributed by atoms with Gasteiger partial charge in [-0.25, -0.2) is 0 Å². The van der Waals surface area contributed by atoms with Crippen molar-refractivity contribution in [1.82, 2.24) is 4.98 Å². The second-order valence-electron chi connectivity index (χ2n) is 4.37. The van der Waals surface area contributed by atoms with E-state index < -0.39 is 0 Å². The van der Waals surface area contributed by atoms with Crippen LogP contribution in [0.3, 0.4) is 0 Å². The molecule has 0 fully saturated rings. The molecule has 2 N–H and O–H groups in total. The third-order valence-electron chi connectivity index (χ3n) is 2.91. The smallest absolute Gasteiger partial charge is 0.143 e. The van der Waals surface area contributed by atoms with Crippen LogP contribution in [0.4, 0.5) is 0 Å². The Balaban J connectivity index is 2.04. The number of nitrogens with two attached hydrogens (primary N) is 1. The maximum Gasteiger partial charge on any atom is 0.143 e. The third kappa shape index (κ3) is 2.87. The van der Waals surface area contributed by atoms with Gasteiger partial charge < -0.3 is 10.5 Å². The van der Waals surface area contributed by atoms with Crippen LogP contribution in [0, 0.1) is 13.8 Å². The normalized spacial score (nSPS) is 12.2. The van der Waals surface area contributed by atoms with Gasteiger partial charge in [0.2, 0.25) is 0 Å². The summed E-state index contributed by atoms with van der Waals surface area (Å²) in [5.41, 5.74) is 9.16. The van der Waals surface area contributed by atoms with Gasteiger partial charge in [-0.2, -0.15) is 0 Å². The molecule has 1 heterocycles. The Morgan fingerprint density at radius 3 is 2.56 bits per heavy atom. The Hall–Kier alpha value is -1.87. The maximum absolute atomic E-state index is 6.10. The highest BCUT2D eigenvalue weighted by Gasteiger charge is 2.09. The van der Waals surface area contributed by atoms with Gasteiger partial charge in [0.15, 0.2) is 0 Å². The highest BCUT2D eigenvalue weighted by Crippen LogP contribution is 2.21. The van der Waals surface area contributed by atoms with E-state index in [0.29, 0.717) is 6.61 Å². The molecule has 2 rings (SSSR count). The van der Waals surface area contributed by atoms with Crippen molar-refractivity contribution >= 4 is 0 Å². The molecular weight excluding hydrogens is 224 g/mol. The average molecular weight is 242 g/mol. The van der Waals surface area contributed by atoms with Crippen molar-refractivity contribution < 1.29 is 4.74 Å². The summed E-state index contributed by atoms with van der Waals surface area (Å²) in [6.07, 6.45) is 1.79. The van der Waals surface area contributed by atoms with E-state index in [1.54, 1.807) is 6.20 Å². The minimum absolute atomic E-state index is 0.120. The van der Waals surface area contributed by atoms with E-state index in [2.05, 4.69) is 4.98 Å². The summed E-state index contributed by atoms with van der Waals surface area (Å²) >= 11 is 0. The van der Waals surface area contributed by atoms with E-state index in [9.17, 15) is 0 Å². The van der Waals surface area contributed by atoms with Gasteiger partial charge in [0.1, 0.15) is 12.4 Å². The standard InChI is InChI=1S/C15H18N2O/c1-11-8-9-17-12(2)15(11)18-10-14(16)13-6-4-3-5-7-13/h3-9,14H,10,16H2,1-2H3. The summed E-state index contributed by atoms with van der Waals surface area (Å²) in [6.45, 7) is 4.41. The first-order valence-corrected chi connectivity index (χ1v) is 6.04. The van der Waals surface area contributed by atoms with Crippen LogP contribution in [-0.2, 0) is 0 Å². The number of hydrogen-bond acceptors (Lipinski definition) is 3. The van der Waals surface area contributed by atoms with Crippen molar-refractivity contribution in [1.29, 1.82) is 0 Å². The predicted molar refractivity (Wildman–Crippen MR) is 72.6 cm³/mol. The summed E-state index contributed by atoms with van der Waals surface area (Å²) in [6, 6.07) is 11.8. The Morgan fingerprint density at radius 1 is 1.17 bits per heavy atom. The van der Waals surface area contributed by atoms with Crippen LogP contribution in [0.25, 0.3) is 0 Å². The van der Waals surface area contributed by atoms with Gasteiger partial charge in [0.05, 0.1) is 11.7 Å². The molecule has 0 aliphatic carbocycles. The molecule has 0 spiro atoms. The van der Waals surface area contributed by atoms with Crippen molar-refractivity contribution in [2.24, 2.45) is 5.73 Å². The van der Waals surface area contributed by atoms with Crippen molar-refractivity contribution in [2.75, 3.05) is 6.61 Å². The lowest BCUT2D eigenvalue weighted by atomic mass is 10.1. The molecular formula is C15H18N2O. The first kappa shape index (κ1) is 12.6. The van der Waals surface area contributed by atoms with Crippen LogP contribution < -0.4 is 10.5 Å². The minimum Gasteiger partial charge on any atom is -0.489 e. The van der Waals surface area contributed by atoms with Gasteiger partial charge in [-0.15, -0.1) is 0 Å². The molecule has 0 saturated heterocycles. The van der Waals surface area contributed by atoms with Crippen LogP contribution in [0.1, 0.15) is 22.9 Å². The first-order chi connectivity index (χ1) is 8.68. The number of aryl methyl sites for hydroxylation is 2. The summed E-state index contributed by atoms with van der Waals surface area (Å²) in [7, 11) is 0. The molecule has 1 atom stereocenters. The number of pyridine rings is 1. The van der Waals surface area contributed by atoms with E-state index in [0.717, 1.165) is 22.6 Å². The van der Waals surface area contributed by atoms with Crippen molar-refractivity contribution in [3.8, 4) is 5.75 Å². The molecule has 1 aromatic carbocycles. The first-order valence-electron chi connectivity index (χ1n) is 6.04. The lowest BCUT2D eigenvalue weighted by molar-refractivity contribution is 0.285. The molecule has 1 unspecified atom stereocenters. The van der Waals surface area contributed by atoms with Gasteiger partial charge in [-0.1, -0.05) is 30.3 Å². The zero-order valence-corrected chi connectivity index (χ0v) is 10.8. The quantitative estimate of drug-likeness (QED) is 0.896. The number of rotatable bonds is 4.